The lowest BCUT2D eigenvalue weighted by Crippen LogP contribution is -2.15. The molecule has 1 aliphatic rings. The van der Waals surface area contributed by atoms with Crippen LogP contribution in [0.5, 0.6) is 0 Å². The predicted molar refractivity (Wildman–Crippen MR) is 65.5 cm³/mol. The number of benzene rings is 1. The highest BCUT2D eigenvalue weighted by Gasteiger charge is 2.34. The molecule has 1 saturated carbocycles. The van der Waals surface area contributed by atoms with Gasteiger partial charge in [0.05, 0.1) is 5.56 Å². The van der Waals surface area contributed by atoms with E-state index in [0.29, 0.717) is 0 Å². The Morgan fingerprint density at radius 2 is 2.00 bits per heavy atom. The van der Waals surface area contributed by atoms with Crippen molar-refractivity contribution < 1.29 is 18.0 Å². The van der Waals surface area contributed by atoms with Crippen molar-refractivity contribution >= 4 is 34.2 Å². The van der Waals surface area contributed by atoms with Crippen LogP contribution in [0.3, 0.4) is 0 Å². The van der Waals surface area contributed by atoms with Crippen LogP contribution in [0.15, 0.2) is 18.2 Å². The molecule has 1 N–H and O–H groups in total. The second-order valence-electron chi connectivity index (χ2n) is 3.96. The zero-order valence-electron chi connectivity index (χ0n) is 8.64. The molecule has 0 aliphatic heterocycles. The topological polar surface area (TPSA) is 29.1 Å². The van der Waals surface area contributed by atoms with Crippen LogP contribution in [0.2, 0.25) is 0 Å². The molecule has 92 valence electrons. The van der Waals surface area contributed by atoms with Gasteiger partial charge in [-0.05, 0) is 53.6 Å². The highest BCUT2D eigenvalue weighted by Crippen LogP contribution is 2.35. The fraction of sp³-hybridized carbons (Fsp3) is 0.364. The summed E-state index contributed by atoms with van der Waals surface area (Å²) in [5.41, 5.74) is -0.513. The van der Waals surface area contributed by atoms with Gasteiger partial charge in [0, 0.05) is 15.2 Å². The van der Waals surface area contributed by atoms with Crippen LogP contribution >= 0.6 is 22.6 Å². The quantitative estimate of drug-likeness (QED) is 0.807. The third-order valence-corrected chi connectivity index (χ3v) is 3.43. The average Bonchev–Trinajstić information content (AvgIpc) is 3.02. The van der Waals surface area contributed by atoms with Crippen LogP contribution in [-0.2, 0) is 11.0 Å². The average molecular weight is 355 g/mol. The minimum atomic E-state index is -4.39. The fourth-order valence-electron chi connectivity index (χ4n) is 1.41. The SMILES string of the molecule is O=C(Nc1ccc(I)c(C(F)(F)F)c1)C1CC1. The van der Waals surface area contributed by atoms with Crippen LogP contribution in [-0.4, -0.2) is 5.91 Å². The van der Waals surface area contributed by atoms with Crippen LogP contribution in [0, 0.1) is 9.49 Å². The monoisotopic (exact) mass is 355 g/mol. The van der Waals surface area contributed by atoms with E-state index in [-0.39, 0.29) is 21.1 Å². The summed E-state index contributed by atoms with van der Waals surface area (Å²) in [7, 11) is 0. The molecular weight excluding hydrogens is 346 g/mol. The first-order chi connectivity index (χ1) is 7.88. The van der Waals surface area contributed by atoms with Crippen molar-refractivity contribution in [1.82, 2.24) is 0 Å². The van der Waals surface area contributed by atoms with Gasteiger partial charge < -0.3 is 5.32 Å². The van der Waals surface area contributed by atoms with Crippen LogP contribution in [0.4, 0.5) is 18.9 Å². The molecule has 2 rings (SSSR count). The molecule has 1 fully saturated rings. The molecule has 0 aromatic heterocycles. The lowest BCUT2D eigenvalue weighted by Gasteiger charge is -2.11. The Morgan fingerprint density at radius 1 is 1.35 bits per heavy atom. The van der Waals surface area contributed by atoms with Gasteiger partial charge in [0.1, 0.15) is 0 Å². The molecule has 17 heavy (non-hydrogen) atoms. The summed E-state index contributed by atoms with van der Waals surface area (Å²) in [5.74, 6) is -0.219. The Bertz CT molecular complexity index is 455. The molecule has 1 aliphatic carbocycles. The Kier molecular flexibility index (Phi) is 3.33. The van der Waals surface area contributed by atoms with E-state index in [1.54, 1.807) is 22.6 Å². The van der Waals surface area contributed by atoms with Gasteiger partial charge in [-0.25, -0.2) is 0 Å². The van der Waals surface area contributed by atoms with Crippen molar-refractivity contribution in [2.24, 2.45) is 5.92 Å². The van der Waals surface area contributed by atoms with Crippen molar-refractivity contribution in [2.45, 2.75) is 19.0 Å². The summed E-state index contributed by atoms with van der Waals surface area (Å²) >= 11 is 1.63. The number of alkyl halides is 3. The normalized spacial score (nSPS) is 15.8. The van der Waals surface area contributed by atoms with Crippen LogP contribution in [0.25, 0.3) is 0 Å². The zero-order chi connectivity index (χ0) is 12.6. The van der Waals surface area contributed by atoms with Crippen molar-refractivity contribution in [3.63, 3.8) is 0 Å². The first kappa shape index (κ1) is 12.7. The number of hydrogen-bond acceptors (Lipinski definition) is 1. The smallest absolute Gasteiger partial charge is 0.326 e. The maximum absolute atomic E-state index is 12.6. The van der Waals surface area contributed by atoms with E-state index in [1.165, 1.54) is 12.1 Å². The van der Waals surface area contributed by atoms with Gasteiger partial charge in [-0.1, -0.05) is 0 Å². The molecule has 1 aromatic carbocycles. The number of amides is 1. The third kappa shape index (κ3) is 3.11. The number of carbonyl (C=O) groups excluding carboxylic acids is 1. The molecule has 0 heterocycles. The summed E-state index contributed by atoms with van der Waals surface area (Å²) in [6, 6.07) is 3.81. The maximum Gasteiger partial charge on any atom is 0.417 e. The first-order valence-electron chi connectivity index (χ1n) is 5.05. The number of anilines is 1. The molecule has 6 heteroatoms. The van der Waals surface area contributed by atoms with E-state index >= 15 is 0 Å². The van der Waals surface area contributed by atoms with Crippen molar-refractivity contribution in [2.75, 3.05) is 5.32 Å². The van der Waals surface area contributed by atoms with Crippen LogP contribution < -0.4 is 5.32 Å². The molecule has 0 unspecified atom stereocenters. The number of nitrogens with one attached hydrogen (secondary N) is 1. The summed E-state index contributed by atoms with van der Waals surface area (Å²) in [6.07, 6.45) is -2.75. The van der Waals surface area contributed by atoms with Crippen molar-refractivity contribution in [1.29, 1.82) is 0 Å². The van der Waals surface area contributed by atoms with Gasteiger partial charge in [0.25, 0.3) is 0 Å². The second kappa shape index (κ2) is 4.47. The standard InChI is InChI=1S/C11H9F3INO/c12-11(13,14)8-5-7(3-4-9(8)15)16-10(17)6-1-2-6/h3-6H,1-2H2,(H,16,17). The maximum atomic E-state index is 12.6. The minimum Gasteiger partial charge on any atom is -0.326 e. The van der Waals surface area contributed by atoms with Crippen LogP contribution in [0.1, 0.15) is 18.4 Å². The molecule has 1 aromatic rings. The Morgan fingerprint density at radius 3 is 2.53 bits per heavy atom. The number of hydrogen-bond donors (Lipinski definition) is 1. The molecule has 2 nitrogen and oxygen atoms in total. The van der Waals surface area contributed by atoms with Gasteiger partial charge in [-0.2, -0.15) is 13.2 Å². The minimum absolute atomic E-state index is 0.0244. The molecular formula is C11H9F3INO. The first-order valence-corrected chi connectivity index (χ1v) is 6.13. The molecule has 0 atom stereocenters. The summed E-state index contributed by atoms with van der Waals surface area (Å²) < 4.78 is 38.0. The Labute approximate surface area is 110 Å². The van der Waals surface area contributed by atoms with Crippen molar-refractivity contribution in [3.8, 4) is 0 Å². The van der Waals surface area contributed by atoms with E-state index in [1.807, 2.05) is 0 Å². The summed E-state index contributed by atoms with van der Waals surface area (Å²) in [5, 5.41) is 2.50. The Hall–Kier alpha value is -0.790. The number of halogens is 4. The molecule has 1 amide bonds. The van der Waals surface area contributed by atoms with E-state index in [4.69, 9.17) is 0 Å². The van der Waals surface area contributed by atoms with E-state index < -0.39 is 11.7 Å². The molecule has 0 bridgehead atoms. The van der Waals surface area contributed by atoms with Gasteiger partial charge in [-0.15, -0.1) is 0 Å². The largest absolute Gasteiger partial charge is 0.417 e. The predicted octanol–water partition coefficient (Wildman–Crippen LogP) is 3.66. The van der Waals surface area contributed by atoms with Gasteiger partial charge >= 0.3 is 6.18 Å². The number of rotatable bonds is 2. The fourth-order valence-corrected chi connectivity index (χ4v) is 2.05. The number of carbonyl (C=O) groups is 1. The highest BCUT2D eigenvalue weighted by atomic mass is 127. The molecule has 0 saturated heterocycles. The third-order valence-electron chi connectivity index (χ3n) is 2.49. The van der Waals surface area contributed by atoms with E-state index in [0.717, 1.165) is 18.9 Å². The van der Waals surface area contributed by atoms with Crippen molar-refractivity contribution in [3.05, 3.63) is 27.3 Å². The van der Waals surface area contributed by atoms with Gasteiger partial charge in [-0.3, -0.25) is 4.79 Å². The van der Waals surface area contributed by atoms with E-state index in [9.17, 15) is 18.0 Å². The summed E-state index contributed by atoms with van der Waals surface area (Å²) in [6.45, 7) is 0. The van der Waals surface area contributed by atoms with Gasteiger partial charge in [0.15, 0.2) is 0 Å². The highest BCUT2D eigenvalue weighted by molar-refractivity contribution is 14.1. The Balaban J connectivity index is 2.21. The lowest BCUT2D eigenvalue weighted by molar-refractivity contribution is -0.138. The molecule has 0 radical (unpaired) electrons. The summed E-state index contributed by atoms with van der Waals surface area (Å²) in [4.78, 5) is 11.4. The second-order valence-corrected chi connectivity index (χ2v) is 5.12. The van der Waals surface area contributed by atoms with E-state index in [2.05, 4.69) is 5.32 Å². The lowest BCUT2D eigenvalue weighted by atomic mass is 10.2. The van der Waals surface area contributed by atoms with Gasteiger partial charge in [0.2, 0.25) is 5.91 Å². The molecule has 0 spiro atoms. The zero-order valence-corrected chi connectivity index (χ0v) is 10.8.